The molecule has 0 radical (unpaired) electrons. The molecule has 1 aromatic heterocycles. The monoisotopic (exact) mass is 472 g/mol. The molecule has 0 unspecified atom stereocenters. The minimum absolute atomic E-state index is 0.175. The lowest BCUT2D eigenvalue weighted by atomic mass is 9.95. The van der Waals surface area contributed by atoms with Gasteiger partial charge in [-0.25, -0.2) is 22.0 Å². The normalized spacial score (nSPS) is 13.4. The highest BCUT2D eigenvalue weighted by Crippen LogP contribution is 2.38. The second-order valence-electron chi connectivity index (χ2n) is 7.05. The van der Waals surface area contributed by atoms with E-state index in [1.807, 2.05) is 0 Å². The van der Waals surface area contributed by atoms with Crippen LogP contribution in [-0.2, 0) is 32.4 Å². The Hall–Kier alpha value is -2.53. The van der Waals surface area contributed by atoms with Crippen LogP contribution in [0.25, 0.3) is 0 Å². The first kappa shape index (κ1) is 23.1. The molecule has 0 saturated heterocycles. The van der Waals surface area contributed by atoms with Gasteiger partial charge in [-0.3, -0.25) is 9.10 Å². The molecular weight excluding hydrogens is 450 g/mol. The number of esters is 1. The number of hydrogen-bond donors (Lipinski definition) is 1. The molecule has 3 rings (SSSR count). The Balaban J connectivity index is 1.88. The van der Waals surface area contributed by atoms with Gasteiger partial charge in [-0.05, 0) is 50.3 Å². The summed E-state index contributed by atoms with van der Waals surface area (Å²) in [6.45, 7) is 1.18. The fourth-order valence-electron chi connectivity index (χ4n) is 3.41. The molecule has 0 atom stereocenters. The van der Waals surface area contributed by atoms with Crippen molar-refractivity contribution in [1.82, 2.24) is 0 Å². The average molecular weight is 473 g/mol. The second kappa shape index (κ2) is 9.31. The van der Waals surface area contributed by atoms with Gasteiger partial charge in [0.25, 0.3) is 0 Å². The smallest absolute Gasteiger partial charge is 0.341 e. The number of nitrogens with one attached hydrogen (secondary N) is 1. The summed E-state index contributed by atoms with van der Waals surface area (Å²) >= 11 is 1.27. The Labute approximate surface area is 183 Å². The molecular formula is C20H22F2N2O5S2. The first-order valence-corrected chi connectivity index (χ1v) is 12.3. The maximum Gasteiger partial charge on any atom is 0.341 e. The summed E-state index contributed by atoms with van der Waals surface area (Å²) in [4.78, 5) is 26.2. The third-order valence-corrected chi connectivity index (χ3v) is 7.13. The van der Waals surface area contributed by atoms with E-state index in [0.717, 1.165) is 48.1 Å². The molecule has 0 bridgehead atoms. The van der Waals surface area contributed by atoms with Crippen molar-refractivity contribution < 1.29 is 31.5 Å². The molecule has 0 saturated carbocycles. The fraction of sp³-hybridized carbons (Fsp3) is 0.400. The lowest BCUT2D eigenvalue weighted by Crippen LogP contribution is -2.37. The Morgan fingerprint density at radius 3 is 2.55 bits per heavy atom. The predicted molar refractivity (Wildman–Crippen MR) is 114 cm³/mol. The minimum Gasteiger partial charge on any atom is -0.462 e. The number of rotatable bonds is 7. The number of nitrogens with zero attached hydrogens (tertiary/aromatic N) is 1. The van der Waals surface area contributed by atoms with E-state index < -0.39 is 40.1 Å². The summed E-state index contributed by atoms with van der Waals surface area (Å²) in [5.41, 5.74) is 0.965. The van der Waals surface area contributed by atoms with Crippen molar-refractivity contribution in [3.05, 3.63) is 45.8 Å². The molecule has 1 aliphatic carbocycles. The zero-order valence-electron chi connectivity index (χ0n) is 17.0. The van der Waals surface area contributed by atoms with E-state index in [4.69, 9.17) is 4.74 Å². The number of ether oxygens (including phenoxy) is 1. The van der Waals surface area contributed by atoms with Crippen LogP contribution in [0.4, 0.5) is 19.5 Å². The number of thiophene rings is 1. The molecule has 1 aliphatic rings. The number of hydrogen-bond acceptors (Lipinski definition) is 6. The second-order valence-corrected chi connectivity index (χ2v) is 10.1. The SMILES string of the molecule is CCOC(=O)c1c(NC(=O)CN(c2ccc(F)c(F)c2)S(C)(=O)=O)sc2c1CCCC2. The van der Waals surface area contributed by atoms with Gasteiger partial charge in [0.2, 0.25) is 15.9 Å². The number of amides is 1. The summed E-state index contributed by atoms with van der Waals surface area (Å²) in [5.74, 6) is -3.64. The quantitative estimate of drug-likeness (QED) is 0.623. The van der Waals surface area contributed by atoms with E-state index in [-0.39, 0.29) is 12.3 Å². The van der Waals surface area contributed by atoms with Gasteiger partial charge in [-0.2, -0.15) is 0 Å². The van der Waals surface area contributed by atoms with Crippen molar-refractivity contribution in [2.24, 2.45) is 0 Å². The van der Waals surface area contributed by atoms with Crippen LogP contribution in [0.15, 0.2) is 18.2 Å². The van der Waals surface area contributed by atoms with Crippen LogP contribution in [0, 0.1) is 11.6 Å². The van der Waals surface area contributed by atoms with Crippen molar-refractivity contribution in [2.75, 3.05) is 29.0 Å². The van der Waals surface area contributed by atoms with Crippen LogP contribution >= 0.6 is 11.3 Å². The highest BCUT2D eigenvalue weighted by Gasteiger charge is 2.28. The fourth-order valence-corrected chi connectivity index (χ4v) is 5.55. The van der Waals surface area contributed by atoms with Gasteiger partial charge in [-0.15, -0.1) is 11.3 Å². The van der Waals surface area contributed by atoms with Crippen molar-refractivity contribution in [3.63, 3.8) is 0 Å². The van der Waals surface area contributed by atoms with Crippen molar-refractivity contribution in [2.45, 2.75) is 32.6 Å². The first-order valence-electron chi connectivity index (χ1n) is 9.66. The van der Waals surface area contributed by atoms with Crippen LogP contribution in [0.2, 0.25) is 0 Å². The van der Waals surface area contributed by atoms with Crippen LogP contribution in [0.3, 0.4) is 0 Å². The molecule has 168 valence electrons. The highest BCUT2D eigenvalue weighted by molar-refractivity contribution is 7.92. The van der Waals surface area contributed by atoms with Crippen LogP contribution in [0.5, 0.6) is 0 Å². The number of sulfonamides is 1. The summed E-state index contributed by atoms with van der Waals surface area (Å²) in [5, 5.41) is 2.91. The Bertz CT molecular complexity index is 1120. The number of fused-ring (bicyclic) bond motifs is 1. The van der Waals surface area contributed by atoms with Gasteiger partial charge < -0.3 is 10.1 Å². The Morgan fingerprint density at radius 2 is 1.90 bits per heavy atom. The van der Waals surface area contributed by atoms with E-state index in [0.29, 0.717) is 27.4 Å². The lowest BCUT2D eigenvalue weighted by molar-refractivity contribution is -0.114. The number of carbonyl (C=O) groups is 2. The molecule has 1 aromatic carbocycles. The van der Waals surface area contributed by atoms with Crippen LogP contribution in [0.1, 0.15) is 40.6 Å². The lowest BCUT2D eigenvalue weighted by Gasteiger charge is -2.22. The van der Waals surface area contributed by atoms with E-state index in [1.54, 1.807) is 6.92 Å². The van der Waals surface area contributed by atoms with Crippen molar-refractivity contribution in [1.29, 1.82) is 0 Å². The number of benzene rings is 1. The first-order chi connectivity index (χ1) is 14.6. The third kappa shape index (κ3) is 5.21. The molecule has 1 amide bonds. The predicted octanol–water partition coefficient (Wildman–Crippen LogP) is 3.49. The van der Waals surface area contributed by atoms with Gasteiger partial charge in [0.15, 0.2) is 11.6 Å². The minimum atomic E-state index is -3.98. The zero-order chi connectivity index (χ0) is 22.8. The summed E-state index contributed by atoms with van der Waals surface area (Å²) in [6, 6.07) is 2.56. The summed E-state index contributed by atoms with van der Waals surface area (Å²) < 4.78 is 57.0. The number of halogens is 2. The summed E-state index contributed by atoms with van der Waals surface area (Å²) in [6.07, 6.45) is 4.23. The van der Waals surface area contributed by atoms with E-state index in [1.165, 1.54) is 11.3 Å². The summed E-state index contributed by atoms with van der Waals surface area (Å²) in [7, 11) is -3.98. The Kier molecular flexibility index (Phi) is 6.95. The maximum absolute atomic E-state index is 13.6. The topological polar surface area (TPSA) is 92.8 Å². The maximum atomic E-state index is 13.6. The van der Waals surface area contributed by atoms with Gasteiger partial charge in [0.1, 0.15) is 11.5 Å². The molecule has 2 aromatic rings. The standard InChI is InChI=1S/C20H22F2N2O5S2/c1-3-29-20(26)18-13-6-4-5-7-16(13)30-19(18)23-17(25)11-24(31(2,27)28)12-8-9-14(21)15(22)10-12/h8-10H,3-7,11H2,1-2H3,(H,23,25). The molecule has 31 heavy (non-hydrogen) atoms. The Morgan fingerprint density at radius 1 is 1.19 bits per heavy atom. The molecule has 7 nitrogen and oxygen atoms in total. The van der Waals surface area contributed by atoms with E-state index >= 15 is 0 Å². The average Bonchev–Trinajstić information content (AvgIpc) is 3.05. The molecule has 11 heteroatoms. The van der Waals surface area contributed by atoms with Gasteiger partial charge >= 0.3 is 5.97 Å². The number of anilines is 2. The third-order valence-electron chi connectivity index (χ3n) is 4.78. The van der Waals surface area contributed by atoms with E-state index in [2.05, 4.69) is 5.32 Å². The molecule has 0 fully saturated rings. The van der Waals surface area contributed by atoms with E-state index in [9.17, 15) is 26.8 Å². The molecule has 1 N–H and O–H groups in total. The molecule has 0 spiro atoms. The van der Waals surface area contributed by atoms with Crippen LogP contribution in [-0.4, -0.2) is 39.7 Å². The largest absolute Gasteiger partial charge is 0.462 e. The number of aryl methyl sites for hydroxylation is 1. The van der Waals surface area contributed by atoms with Gasteiger partial charge in [0, 0.05) is 10.9 Å². The van der Waals surface area contributed by atoms with Gasteiger partial charge in [-0.1, -0.05) is 0 Å². The van der Waals surface area contributed by atoms with Gasteiger partial charge in [0.05, 0.1) is 24.1 Å². The molecule has 1 heterocycles. The zero-order valence-corrected chi connectivity index (χ0v) is 18.7. The highest BCUT2D eigenvalue weighted by atomic mass is 32.2. The van der Waals surface area contributed by atoms with Crippen molar-refractivity contribution in [3.8, 4) is 0 Å². The molecule has 0 aliphatic heterocycles. The van der Waals surface area contributed by atoms with Crippen LogP contribution < -0.4 is 9.62 Å². The number of carbonyl (C=O) groups excluding carboxylic acids is 2. The van der Waals surface area contributed by atoms with Crippen molar-refractivity contribution >= 4 is 43.9 Å².